The van der Waals surface area contributed by atoms with Crippen LogP contribution in [0.5, 0.6) is 5.75 Å². The fourth-order valence-corrected chi connectivity index (χ4v) is 2.66. The van der Waals surface area contributed by atoms with E-state index in [0.29, 0.717) is 22.1 Å². The summed E-state index contributed by atoms with van der Waals surface area (Å²) in [6.45, 7) is 0. The molecule has 0 aromatic heterocycles. The van der Waals surface area contributed by atoms with Gasteiger partial charge in [0.25, 0.3) is 0 Å². The molecule has 0 aliphatic heterocycles. The number of nitrogens with one attached hydrogen (secondary N) is 1. The summed E-state index contributed by atoms with van der Waals surface area (Å²) in [5, 5.41) is 3.32. The summed E-state index contributed by atoms with van der Waals surface area (Å²) in [7, 11) is 1.54. The van der Waals surface area contributed by atoms with Crippen LogP contribution in [0.2, 0.25) is 5.02 Å². The maximum absolute atomic E-state index is 12.0. The smallest absolute Gasteiger partial charge is 0.234 e. The van der Waals surface area contributed by atoms with Crippen molar-refractivity contribution in [1.29, 1.82) is 0 Å². The molecule has 0 radical (unpaired) electrons. The van der Waals surface area contributed by atoms with E-state index in [4.69, 9.17) is 22.1 Å². The third kappa shape index (κ3) is 4.31. The number of anilines is 2. The molecule has 0 saturated heterocycles. The lowest BCUT2D eigenvalue weighted by atomic mass is 10.3. The van der Waals surface area contributed by atoms with Gasteiger partial charge in [0, 0.05) is 15.6 Å². The zero-order valence-electron chi connectivity index (χ0n) is 11.4. The molecule has 0 bridgehead atoms. The third-order valence-electron chi connectivity index (χ3n) is 2.71. The summed E-state index contributed by atoms with van der Waals surface area (Å²) in [6.07, 6.45) is 0. The van der Waals surface area contributed by atoms with E-state index in [-0.39, 0.29) is 11.7 Å². The van der Waals surface area contributed by atoms with Crippen LogP contribution in [0.25, 0.3) is 0 Å². The molecule has 2 aromatic carbocycles. The number of nitrogen functional groups attached to an aromatic ring is 1. The van der Waals surface area contributed by atoms with Gasteiger partial charge in [0.15, 0.2) is 0 Å². The number of thioether (sulfide) groups is 1. The predicted octanol–water partition coefficient (Wildman–Crippen LogP) is 3.66. The van der Waals surface area contributed by atoms with Crippen LogP contribution < -0.4 is 15.8 Å². The molecule has 4 nitrogen and oxygen atoms in total. The molecule has 0 heterocycles. The lowest BCUT2D eigenvalue weighted by Crippen LogP contribution is -2.14. The Bertz CT molecular complexity index is 649. The molecule has 3 N–H and O–H groups in total. The van der Waals surface area contributed by atoms with Crippen molar-refractivity contribution in [2.75, 3.05) is 23.9 Å². The monoisotopic (exact) mass is 322 g/mol. The highest BCUT2D eigenvalue weighted by Crippen LogP contribution is 2.29. The Balaban J connectivity index is 1.99. The van der Waals surface area contributed by atoms with Crippen molar-refractivity contribution in [3.05, 3.63) is 47.5 Å². The van der Waals surface area contributed by atoms with Gasteiger partial charge in [0.05, 0.1) is 18.6 Å². The maximum atomic E-state index is 12.0. The van der Waals surface area contributed by atoms with Gasteiger partial charge >= 0.3 is 0 Å². The van der Waals surface area contributed by atoms with Crippen molar-refractivity contribution < 1.29 is 9.53 Å². The number of halogens is 1. The van der Waals surface area contributed by atoms with E-state index in [9.17, 15) is 4.79 Å². The number of methoxy groups -OCH3 is 1. The fourth-order valence-electron chi connectivity index (χ4n) is 1.72. The van der Waals surface area contributed by atoms with Crippen LogP contribution in [-0.4, -0.2) is 18.8 Å². The molecule has 0 fully saturated rings. The number of hydrogen-bond acceptors (Lipinski definition) is 4. The minimum atomic E-state index is -0.149. The standard InChI is InChI=1S/C15H15ClN2O2S/c1-20-13-7-6-10(16)8-12(13)18-15(19)9-21-14-5-3-2-4-11(14)17/h2-8H,9,17H2,1H3,(H,18,19). The molecule has 0 saturated carbocycles. The first-order chi connectivity index (χ1) is 10.1. The minimum absolute atomic E-state index is 0.149. The van der Waals surface area contributed by atoms with Gasteiger partial charge in [-0.25, -0.2) is 0 Å². The molecule has 0 unspecified atom stereocenters. The second kappa shape index (κ2) is 7.24. The zero-order valence-corrected chi connectivity index (χ0v) is 13.0. The zero-order chi connectivity index (χ0) is 15.2. The van der Waals surface area contributed by atoms with E-state index in [1.54, 1.807) is 24.3 Å². The molecular formula is C15H15ClN2O2S. The lowest BCUT2D eigenvalue weighted by molar-refractivity contribution is -0.113. The van der Waals surface area contributed by atoms with Crippen LogP contribution in [-0.2, 0) is 4.79 Å². The van der Waals surface area contributed by atoms with Crippen molar-refractivity contribution in [3.63, 3.8) is 0 Å². The number of amides is 1. The van der Waals surface area contributed by atoms with Gasteiger partial charge < -0.3 is 15.8 Å². The highest BCUT2D eigenvalue weighted by atomic mass is 35.5. The van der Waals surface area contributed by atoms with Gasteiger partial charge in [-0.15, -0.1) is 11.8 Å². The first kappa shape index (κ1) is 15.5. The van der Waals surface area contributed by atoms with Crippen molar-refractivity contribution >= 4 is 40.6 Å². The fraction of sp³-hybridized carbons (Fsp3) is 0.133. The summed E-state index contributed by atoms with van der Waals surface area (Å²) in [5.74, 6) is 0.671. The molecule has 2 rings (SSSR count). The summed E-state index contributed by atoms with van der Waals surface area (Å²) >= 11 is 7.30. The molecule has 6 heteroatoms. The van der Waals surface area contributed by atoms with Gasteiger partial charge in [-0.05, 0) is 30.3 Å². The average Bonchev–Trinajstić information content (AvgIpc) is 2.47. The largest absolute Gasteiger partial charge is 0.495 e. The lowest BCUT2D eigenvalue weighted by Gasteiger charge is -2.10. The van der Waals surface area contributed by atoms with Crippen LogP contribution in [0, 0.1) is 0 Å². The number of para-hydroxylation sites is 1. The minimum Gasteiger partial charge on any atom is -0.495 e. The second-order valence-corrected chi connectivity index (χ2v) is 5.67. The third-order valence-corrected chi connectivity index (χ3v) is 4.04. The highest BCUT2D eigenvalue weighted by molar-refractivity contribution is 8.00. The predicted molar refractivity (Wildman–Crippen MR) is 88.2 cm³/mol. The van der Waals surface area contributed by atoms with Gasteiger partial charge in [-0.2, -0.15) is 0 Å². The first-order valence-electron chi connectivity index (χ1n) is 6.21. The van der Waals surface area contributed by atoms with E-state index in [1.807, 2.05) is 18.2 Å². The quantitative estimate of drug-likeness (QED) is 0.651. The Labute approximate surface area is 132 Å². The summed E-state index contributed by atoms with van der Waals surface area (Å²) in [5.41, 5.74) is 7.05. The Hall–Kier alpha value is -1.85. The molecule has 2 aromatic rings. The van der Waals surface area contributed by atoms with Gasteiger partial charge in [0.2, 0.25) is 5.91 Å². The summed E-state index contributed by atoms with van der Waals surface area (Å²) in [4.78, 5) is 12.9. The number of carbonyl (C=O) groups is 1. The van der Waals surface area contributed by atoms with Crippen molar-refractivity contribution in [2.45, 2.75) is 4.90 Å². The Morgan fingerprint density at radius 2 is 2.10 bits per heavy atom. The number of ether oxygens (including phenoxy) is 1. The van der Waals surface area contributed by atoms with Gasteiger partial charge in [0.1, 0.15) is 5.75 Å². The number of carbonyl (C=O) groups excluding carboxylic acids is 1. The van der Waals surface area contributed by atoms with E-state index < -0.39 is 0 Å². The number of nitrogens with two attached hydrogens (primary N) is 1. The molecule has 0 spiro atoms. The Morgan fingerprint density at radius 3 is 2.81 bits per heavy atom. The molecule has 0 aliphatic rings. The first-order valence-corrected chi connectivity index (χ1v) is 7.57. The highest BCUT2D eigenvalue weighted by Gasteiger charge is 2.09. The number of rotatable bonds is 5. The van der Waals surface area contributed by atoms with Gasteiger partial charge in [-0.1, -0.05) is 23.7 Å². The van der Waals surface area contributed by atoms with Crippen LogP contribution in [0.4, 0.5) is 11.4 Å². The summed E-state index contributed by atoms with van der Waals surface area (Å²) in [6, 6.07) is 12.5. The second-order valence-electron chi connectivity index (χ2n) is 4.22. The maximum Gasteiger partial charge on any atom is 0.234 e. The number of hydrogen-bond donors (Lipinski definition) is 2. The van der Waals surface area contributed by atoms with Crippen LogP contribution in [0.3, 0.4) is 0 Å². The SMILES string of the molecule is COc1ccc(Cl)cc1NC(=O)CSc1ccccc1N. The topological polar surface area (TPSA) is 64.3 Å². The van der Waals surface area contributed by atoms with Crippen molar-refractivity contribution in [1.82, 2.24) is 0 Å². The van der Waals surface area contributed by atoms with E-state index in [0.717, 1.165) is 4.90 Å². The molecule has 0 aliphatic carbocycles. The molecule has 1 amide bonds. The van der Waals surface area contributed by atoms with Crippen molar-refractivity contribution in [2.24, 2.45) is 0 Å². The van der Waals surface area contributed by atoms with Crippen LogP contribution >= 0.6 is 23.4 Å². The molecular weight excluding hydrogens is 308 g/mol. The summed E-state index contributed by atoms with van der Waals surface area (Å²) < 4.78 is 5.18. The van der Waals surface area contributed by atoms with Crippen LogP contribution in [0.15, 0.2) is 47.4 Å². The Morgan fingerprint density at radius 1 is 1.33 bits per heavy atom. The normalized spacial score (nSPS) is 10.2. The van der Waals surface area contributed by atoms with E-state index >= 15 is 0 Å². The van der Waals surface area contributed by atoms with Gasteiger partial charge in [-0.3, -0.25) is 4.79 Å². The molecule has 0 atom stereocenters. The van der Waals surface area contributed by atoms with Crippen LogP contribution in [0.1, 0.15) is 0 Å². The number of benzene rings is 2. The Kier molecular flexibility index (Phi) is 5.36. The van der Waals surface area contributed by atoms with E-state index in [2.05, 4.69) is 5.32 Å². The molecule has 110 valence electrons. The average molecular weight is 323 g/mol. The van der Waals surface area contributed by atoms with E-state index in [1.165, 1.54) is 18.9 Å². The van der Waals surface area contributed by atoms with Crippen molar-refractivity contribution in [3.8, 4) is 5.75 Å². The molecule has 21 heavy (non-hydrogen) atoms.